The average Bonchev–Trinajstić information content (AvgIpc) is 2.52. The maximum Gasteiger partial charge on any atom is 0.422 e. The number of carbonyl (C=O) groups excluding carboxylic acids is 1. The van der Waals surface area contributed by atoms with Crippen molar-refractivity contribution in [3.63, 3.8) is 0 Å². The molecule has 0 atom stereocenters. The Morgan fingerprint density at radius 2 is 1.78 bits per heavy atom. The zero-order valence-corrected chi connectivity index (χ0v) is 17.2. The Balaban J connectivity index is 1.95. The fraction of sp³-hybridized carbons (Fsp3) is 0.611. The third-order valence-corrected chi connectivity index (χ3v) is 4.33. The predicted octanol–water partition coefficient (Wildman–Crippen LogP) is 4.44. The molecule has 9 heteroatoms. The van der Waals surface area contributed by atoms with Crippen molar-refractivity contribution in [3.05, 3.63) is 28.2 Å². The van der Waals surface area contributed by atoms with E-state index in [-0.39, 0.29) is 11.8 Å². The van der Waals surface area contributed by atoms with Gasteiger partial charge in [0, 0.05) is 42.8 Å². The summed E-state index contributed by atoms with van der Waals surface area (Å²) < 4.78 is 48.4. The van der Waals surface area contributed by atoms with E-state index in [0.717, 1.165) is 4.47 Å². The van der Waals surface area contributed by atoms with Gasteiger partial charge in [-0.1, -0.05) is 15.9 Å². The van der Waals surface area contributed by atoms with E-state index in [1.807, 2.05) is 20.8 Å². The smallest absolute Gasteiger partial charge is 0.422 e. The Morgan fingerprint density at radius 1 is 1.15 bits per heavy atom. The molecule has 1 heterocycles. The summed E-state index contributed by atoms with van der Waals surface area (Å²) in [7, 11) is 0. The summed E-state index contributed by atoms with van der Waals surface area (Å²) >= 11 is 3.34. The molecule has 0 radical (unpaired) electrons. The molecular weight excluding hydrogens is 429 g/mol. The summed E-state index contributed by atoms with van der Waals surface area (Å²) in [6.45, 7) is 6.77. The van der Waals surface area contributed by atoms with Gasteiger partial charge in [-0.2, -0.15) is 13.2 Å². The van der Waals surface area contributed by atoms with Crippen LogP contribution in [0.15, 0.2) is 22.7 Å². The van der Waals surface area contributed by atoms with E-state index in [1.54, 1.807) is 17.0 Å². The number of hydrogen-bond donors (Lipinski definition) is 0. The number of benzene rings is 1. The largest absolute Gasteiger partial charge is 0.484 e. The Kier molecular flexibility index (Phi) is 7.02. The minimum Gasteiger partial charge on any atom is -0.484 e. The van der Waals surface area contributed by atoms with Gasteiger partial charge in [0.25, 0.3) is 0 Å². The molecule has 1 aliphatic rings. The van der Waals surface area contributed by atoms with Crippen molar-refractivity contribution in [1.29, 1.82) is 0 Å². The molecule has 27 heavy (non-hydrogen) atoms. The van der Waals surface area contributed by atoms with Gasteiger partial charge in [-0.15, -0.1) is 0 Å². The minimum atomic E-state index is -4.39. The van der Waals surface area contributed by atoms with E-state index in [0.29, 0.717) is 38.3 Å². The van der Waals surface area contributed by atoms with Gasteiger partial charge in [0.2, 0.25) is 0 Å². The van der Waals surface area contributed by atoms with Crippen molar-refractivity contribution in [2.75, 3.05) is 32.8 Å². The molecule has 0 bridgehead atoms. The zero-order valence-electron chi connectivity index (χ0n) is 15.6. The van der Waals surface area contributed by atoms with Gasteiger partial charge < -0.3 is 14.4 Å². The first-order chi connectivity index (χ1) is 12.4. The highest BCUT2D eigenvalue weighted by molar-refractivity contribution is 9.10. The van der Waals surface area contributed by atoms with Gasteiger partial charge in [0.15, 0.2) is 6.61 Å². The number of ether oxygens (including phenoxy) is 2. The van der Waals surface area contributed by atoms with Crippen molar-refractivity contribution < 1.29 is 27.4 Å². The van der Waals surface area contributed by atoms with Gasteiger partial charge in [-0.3, -0.25) is 4.90 Å². The highest BCUT2D eigenvalue weighted by atomic mass is 79.9. The van der Waals surface area contributed by atoms with Crippen LogP contribution in [0.3, 0.4) is 0 Å². The minimum absolute atomic E-state index is 0.213. The van der Waals surface area contributed by atoms with Crippen LogP contribution < -0.4 is 4.74 Å². The molecule has 0 aromatic heterocycles. The maximum absolute atomic E-state index is 12.5. The molecule has 1 saturated heterocycles. The number of piperazine rings is 1. The number of nitrogens with zero attached hydrogens (tertiary/aromatic N) is 2. The Bertz CT molecular complexity index is 654. The lowest BCUT2D eigenvalue weighted by atomic mass is 10.1. The maximum atomic E-state index is 12.5. The predicted molar refractivity (Wildman–Crippen MR) is 98.8 cm³/mol. The molecule has 152 valence electrons. The van der Waals surface area contributed by atoms with E-state index in [9.17, 15) is 18.0 Å². The first-order valence-corrected chi connectivity index (χ1v) is 9.40. The molecule has 1 aliphatic heterocycles. The number of carbonyl (C=O) groups is 1. The monoisotopic (exact) mass is 452 g/mol. The summed E-state index contributed by atoms with van der Waals surface area (Å²) in [5, 5.41) is 0. The van der Waals surface area contributed by atoms with E-state index in [4.69, 9.17) is 9.47 Å². The topological polar surface area (TPSA) is 42.0 Å². The van der Waals surface area contributed by atoms with Crippen LogP contribution in [-0.4, -0.2) is 60.5 Å². The molecule has 1 amide bonds. The van der Waals surface area contributed by atoms with Crippen LogP contribution in [0.25, 0.3) is 0 Å². The molecule has 0 unspecified atom stereocenters. The second-order valence-electron chi connectivity index (χ2n) is 7.40. The molecule has 0 aliphatic carbocycles. The van der Waals surface area contributed by atoms with Gasteiger partial charge in [0.1, 0.15) is 11.4 Å². The fourth-order valence-electron chi connectivity index (χ4n) is 2.63. The van der Waals surface area contributed by atoms with Crippen LogP contribution in [-0.2, 0) is 11.3 Å². The first-order valence-electron chi connectivity index (χ1n) is 8.61. The number of hydrogen-bond acceptors (Lipinski definition) is 4. The van der Waals surface area contributed by atoms with Gasteiger partial charge in [0.05, 0.1) is 0 Å². The molecule has 0 N–H and O–H groups in total. The highest BCUT2D eigenvalue weighted by Crippen LogP contribution is 2.27. The molecule has 1 aromatic rings. The quantitative estimate of drug-likeness (QED) is 0.676. The summed E-state index contributed by atoms with van der Waals surface area (Å²) in [5.41, 5.74) is 0.120. The molecule has 5 nitrogen and oxygen atoms in total. The number of amides is 1. The molecule has 1 fully saturated rings. The van der Waals surface area contributed by atoms with Gasteiger partial charge >= 0.3 is 12.3 Å². The van der Waals surface area contributed by atoms with Crippen LogP contribution in [0.4, 0.5) is 18.0 Å². The Morgan fingerprint density at radius 3 is 2.33 bits per heavy atom. The Labute approximate surface area is 165 Å². The fourth-order valence-corrected chi connectivity index (χ4v) is 3.04. The second kappa shape index (κ2) is 8.68. The summed E-state index contributed by atoms with van der Waals surface area (Å²) in [6, 6.07) is 4.93. The molecule has 0 spiro atoms. The molecule has 0 saturated carbocycles. The summed E-state index contributed by atoms with van der Waals surface area (Å²) in [6.07, 6.45) is -4.73. The second-order valence-corrected chi connectivity index (χ2v) is 8.32. The third-order valence-electron chi connectivity index (χ3n) is 3.83. The summed E-state index contributed by atoms with van der Waals surface area (Å²) in [5.74, 6) is 0.213. The van der Waals surface area contributed by atoms with Crippen LogP contribution in [0, 0.1) is 0 Å². The molecule has 2 rings (SSSR count). The molecule has 1 aromatic carbocycles. The first kappa shape index (κ1) is 21.8. The number of rotatable bonds is 4. The lowest BCUT2D eigenvalue weighted by molar-refractivity contribution is -0.153. The standard InChI is InChI=1S/C18H24BrF3N2O3/c1-17(2,3)27-16(25)24-8-6-23(7-9-24)11-13-10-14(19)4-5-15(13)26-12-18(20,21)22/h4-5,10H,6-9,11-12H2,1-3H3. The zero-order chi connectivity index (χ0) is 20.2. The number of halogens is 4. The van der Waals surface area contributed by atoms with Crippen molar-refractivity contribution in [2.45, 2.75) is 39.1 Å². The average molecular weight is 453 g/mol. The van der Waals surface area contributed by atoms with Crippen LogP contribution in [0.2, 0.25) is 0 Å². The lowest BCUT2D eigenvalue weighted by Gasteiger charge is -2.35. The van der Waals surface area contributed by atoms with Crippen LogP contribution in [0.1, 0.15) is 26.3 Å². The van der Waals surface area contributed by atoms with Crippen molar-refractivity contribution >= 4 is 22.0 Å². The van der Waals surface area contributed by atoms with Gasteiger partial charge in [-0.25, -0.2) is 4.79 Å². The van der Waals surface area contributed by atoms with Crippen molar-refractivity contribution in [2.24, 2.45) is 0 Å². The summed E-state index contributed by atoms with van der Waals surface area (Å²) in [4.78, 5) is 15.8. The SMILES string of the molecule is CC(C)(C)OC(=O)N1CCN(Cc2cc(Br)ccc2OCC(F)(F)F)CC1. The van der Waals surface area contributed by atoms with Gasteiger partial charge in [-0.05, 0) is 39.0 Å². The Hall–Kier alpha value is -1.48. The van der Waals surface area contributed by atoms with Crippen LogP contribution >= 0.6 is 15.9 Å². The van der Waals surface area contributed by atoms with Crippen molar-refractivity contribution in [1.82, 2.24) is 9.80 Å². The van der Waals surface area contributed by atoms with E-state index in [1.165, 1.54) is 6.07 Å². The normalized spacial score (nSPS) is 16.3. The van der Waals surface area contributed by atoms with E-state index >= 15 is 0 Å². The molecular formula is C18H24BrF3N2O3. The lowest BCUT2D eigenvalue weighted by Crippen LogP contribution is -2.49. The number of alkyl halides is 3. The highest BCUT2D eigenvalue weighted by Gasteiger charge is 2.29. The van der Waals surface area contributed by atoms with E-state index in [2.05, 4.69) is 20.8 Å². The van der Waals surface area contributed by atoms with Crippen LogP contribution in [0.5, 0.6) is 5.75 Å². The van der Waals surface area contributed by atoms with Crippen molar-refractivity contribution in [3.8, 4) is 5.75 Å². The van der Waals surface area contributed by atoms with E-state index < -0.39 is 18.4 Å². The third kappa shape index (κ3) is 7.57.